The summed E-state index contributed by atoms with van der Waals surface area (Å²) < 4.78 is 22.6. The molecule has 11 nitrogen and oxygen atoms in total. The SMILES string of the molecule is Nc1ccccc1NC(=O)c1ccc(CNC(=O)C2=C[C@@H](c3coc4ccccc4c3=O)C[C@@H](OCCOCCO)O2)cc1. The fraction of sp³-hybridized carbons (Fsp3) is 0.242. The number of aliphatic hydroxyl groups is 1. The van der Waals surface area contributed by atoms with Crippen LogP contribution in [0.2, 0.25) is 0 Å². The highest BCUT2D eigenvalue weighted by atomic mass is 16.7. The second-order valence-electron chi connectivity index (χ2n) is 10.1. The number of para-hydroxylation sites is 3. The molecule has 0 unspecified atom stereocenters. The van der Waals surface area contributed by atoms with Crippen LogP contribution < -0.4 is 21.8 Å². The van der Waals surface area contributed by atoms with Gasteiger partial charge in [0.2, 0.25) is 6.29 Å². The summed E-state index contributed by atoms with van der Waals surface area (Å²) in [5, 5.41) is 15.0. The zero-order chi connectivity index (χ0) is 30.9. The number of nitrogen functional groups attached to an aromatic ring is 1. The predicted octanol–water partition coefficient (Wildman–Crippen LogP) is 3.68. The van der Waals surface area contributed by atoms with Gasteiger partial charge in [-0.25, -0.2) is 0 Å². The molecule has 1 aromatic heterocycles. The number of nitrogens with one attached hydrogen (secondary N) is 2. The smallest absolute Gasteiger partial charge is 0.286 e. The Hall–Kier alpha value is -4.97. The lowest BCUT2D eigenvalue weighted by molar-refractivity contribution is -0.151. The van der Waals surface area contributed by atoms with Gasteiger partial charge in [-0.2, -0.15) is 0 Å². The summed E-state index contributed by atoms with van der Waals surface area (Å²) in [7, 11) is 0. The van der Waals surface area contributed by atoms with Gasteiger partial charge in [-0.1, -0.05) is 36.4 Å². The number of amides is 2. The first-order valence-electron chi connectivity index (χ1n) is 14.1. The highest BCUT2D eigenvalue weighted by Crippen LogP contribution is 2.31. The summed E-state index contributed by atoms with van der Waals surface area (Å²) in [4.78, 5) is 39.2. The highest BCUT2D eigenvalue weighted by molar-refractivity contribution is 6.05. The van der Waals surface area contributed by atoms with Crippen LogP contribution in [0, 0.1) is 0 Å². The van der Waals surface area contributed by atoms with Crippen LogP contribution in [0.4, 0.5) is 11.4 Å². The minimum absolute atomic E-state index is 0.00605. The molecule has 11 heteroatoms. The summed E-state index contributed by atoms with van der Waals surface area (Å²) in [5.74, 6) is -1.31. The maximum atomic E-state index is 13.3. The van der Waals surface area contributed by atoms with Gasteiger partial charge < -0.3 is 40.1 Å². The minimum atomic E-state index is -0.828. The molecule has 0 bridgehead atoms. The average molecular weight is 600 g/mol. The maximum absolute atomic E-state index is 13.3. The Balaban J connectivity index is 1.27. The number of benzene rings is 3. The molecule has 1 aliphatic rings. The number of carbonyl (C=O) groups excluding carboxylic acids is 2. The first-order chi connectivity index (χ1) is 21.4. The van der Waals surface area contributed by atoms with Crippen LogP contribution in [0.25, 0.3) is 11.0 Å². The van der Waals surface area contributed by atoms with Crippen molar-refractivity contribution in [1.29, 1.82) is 0 Å². The number of fused-ring (bicyclic) bond motifs is 1. The third-order valence-corrected chi connectivity index (χ3v) is 7.03. The Morgan fingerprint density at radius 3 is 2.52 bits per heavy atom. The van der Waals surface area contributed by atoms with Gasteiger partial charge in [-0.3, -0.25) is 14.4 Å². The molecule has 0 fully saturated rings. The lowest BCUT2D eigenvalue weighted by Crippen LogP contribution is -2.34. The van der Waals surface area contributed by atoms with Gasteiger partial charge >= 0.3 is 0 Å². The minimum Gasteiger partial charge on any atom is -0.464 e. The van der Waals surface area contributed by atoms with Gasteiger partial charge in [-0.15, -0.1) is 0 Å². The molecule has 0 aliphatic carbocycles. The second-order valence-corrected chi connectivity index (χ2v) is 10.1. The number of hydrogen-bond acceptors (Lipinski definition) is 9. The molecule has 0 spiro atoms. The van der Waals surface area contributed by atoms with Crippen LogP contribution in [-0.2, 0) is 25.5 Å². The molecule has 0 saturated carbocycles. The van der Waals surface area contributed by atoms with Crippen LogP contribution in [0.15, 0.2) is 100 Å². The Kier molecular flexibility index (Phi) is 10.0. The first-order valence-corrected chi connectivity index (χ1v) is 14.1. The van der Waals surface area contributed by atoms with E-state index in [2.05, 4.69) is 10.6 Å². The molecule has 5 N–H and O–H groups in total. The van der Waals surface area contributed by atoms with Gasteiger partial charge in [0.05, 0.1) is 49.5 Å². The number of carbonyl (C=O) groups is 2. The van der Waals surface area contributed by atoms with Crippen molar-refractivity contribution < 1.29 is 33.3 Å². The van der Waals surface area contributed by atoms with Gasteiger partial charge in [0.15, 0.2) is 11.2 Å². The molecule has 5 rings (SSSR count). The summed E-state index contributed by atoms with van der Waals surface area (Å²) in [6.07, 6.45) is 2.46. The predicted molar refractivity (Wildman–Crippen MR) is 164 cm³/mol. The molecule has 0 radical (unpaired) electrons. The average Bonchev–Trinajstić information content (AvgIpc) is 3.05. The number of ether oxygens (including phenoxy) is 3. The molecular weight excluding hydrogens is 566 g/mol. The third kappa shape index (κ3) is 7.51. The summed E-state index contributed by atoms with van der Waals surface area (Å²) in [6.45, 7) is 0.620. The zero-order valence-electron chi connectivity index (χ0n) is 23.9. The van der Waals surface area contributed by atoms with E-state index >= 15 is 0 Å². The number of hydrogen-bond donors (Lipinski definition) is 4. The summed E-state index contributed by atoms with van der Waals surface area (Å²) >= 11 is 0. The molecule has 0 saturated heterocycles. The van der Waals surface area contributed by atoms with Crippen molar-refractivity contribution >= 4 is 34.2 Å². The summed E-state index contributed by atoms with van der Waals surface area (Å²) in [5.41, 5.74) is 8.74. The number of rotatable bonds is 12. The highest BCUT2D eigenvalue weighted by Gasteiger charge is 2.30. The molecule has 2 heterocycles. The Labute approximate surface area is 253 Å². The van der Waals surface area contributed by atoms with Crippen molar-refractivity contribution in [2.75, 3.05) is 37.5 Å². The number of aliphatic hydroxyl groups excluding tert-OH is 1. The summed E-state index contributed by atoms with van der Waals surface area (Å²) in [6, 6.07) is 20.7. The fourth-order valence-corrected chi connectivity index (χ4v) is 4.74. The van der Waals surface area contributed by atoms with Crippen molar-refractivity contribution in [3.8, 4) is 0 Å². The number of allylic oxidation sites excluding steroid dienone is 1. The number of anilines is 2. The van der Waals surface area contributed by atoms with E-state index in [0.717, 1.165) is 5.56 Å². The molecule has 228 valence electrons. The van der Waals surface area contributed by atoms with E-state index in [1.165, 1.54) is 6.26 Å². The van der Waals surface area contributed by atoms with E-state index < -0.39 is 18.1 Å². The fourth-order valence-electron chi connectivity index (χ4n) is 4.74. The van der Waals surface area contributed by atoms with Gasteiger partial charge in [0, 0.05) is 30.0 Å². The van der Waals surface area contributed by atoms with Crippen LogP contribution in [0.1, 0.15) is 33.8 Å². The first kappa shape index (κ1) is 30.5. The maximum Gasteiger partial charge on any atom is 0.286 e. The van der Waals surface area contributed by atoms with Crippen molar-refractivity contribution in [3.63, 3.8) is 0 Å². The van der Waals surface area contributed by atoms with Gasteiger partial charge in [0.25, 0.3) is 11.8 Å². The van der Waals surface area contributed by atoms with E-state index in [0.29, 0.717) is 33.5 Å². The number of nitrogens with two attached hydrogens (primary N) is 1. The van der Waals surface area contributed by atoms with E-state index in [1.54, 1.807) is 78.9 Å². The molecule has 44 heavy (non-hydrogen) atoms. The van der Waals surface area contributed by atoms with E-state index in [-0.39, 0.29) is 56.5 Å². The van der Waals surface area contributed by atoms with Crippen molar-refractivity contribution in [2.24, 2.45) is 0 Å². The van der Waals surface area contributed by atoms with Crippen LogP contribution >= 0.6 is 0 Å². The van der Waals surface area contributed by atoms with Gasteiger partial charge in [-0.05, 0) is 48.0 Å². The molecule has 1 aliphatic heterocycles. The van der Waals surface area contributed by atoms with Crippen molar-refractivity contribution in [2.45, 2.75) is 25.2 Å². The molecule has 2 atom stereocenters. The Morgan fingerprint density at radius 1 is 0.955 bits per heavy atom. The molecular formula is C33H33N3O8. The molecule has 3 aromatic carbocycles. The lowest BCUT2D eigenvalue weighted by Gasteiger charge is -2.29. The van der Waals surface area contributed by atoms with Crippen LogP contribution in [-0.4, -0.2) is 49.6 Å². The quantitative estimate of drug-likeness (QED) is 0.141. The van der Waals surface area contributed by atoms with E-state index in [9.17, 15) is 14.4 Å². The Morgan fingerprint density at radius 2 is 1.73 bits per heavy atom. The van der Waals surface area contributed by atoms with E-state index in [1.807, 2.05) is 0 Å². The second kappa shape index (κ2) is 14.5. The monoisotopic (exact) mass is 599 g/mol. The van der Waals surface area contributed by atoms with Gasteiger partial charge in [0.1, 0.15) is 5.58 Å². The largest absolute Gasteiger partial charge is 0.464 e. The molecule has 4 aromatic rings. The topological polar surface area (TPSA) is 162 Å². The van der Waals surface area contributed by atoms with Crippen molar-refractivity contribution in [3.05, 3.63) is 118 Å². The third-order valence-electron chi connectivity index (χ3n) is 7.03. The van der Waals surface area contributed by atoms with Crippen LogP contribution in [0.3, 0.4) is 0 Å². The lowest BCUT2D eigenvalue weighted by atomic mass is 9.93. The standard InChI is InChI=1S/C33H33N3O8/c34-26-6-2-3-7-27(26)36-32(39)22-11-9-21(10-12-22)19-35-33(40)29-17-23(18-30(44-29)42-16-15-41-14-13-37)25-20-43-28-8-4-1-5-24(28)31(25)38/h1-12,17,20,23,30,37H,13-16,18-19,34H2,(H,35,40)(H,36,39)/t23-,30+/m1/s1. The Bertz CT molecular complexity index is 1700. The van der Waals surface area contributed by atoms with Crippen LogP contribution in [0.5, 0.6) is 0 Å². The zero-order valence-corrected chi connectivity index (χ0v) is 23.9. The molecule has 2 amide bonds. The van der Waals surface area contributed by atoms with Crippen molar-refractivity contribution in [1.82, 2.24) is 5.32 Å². The van der Waals surface area contributed by atoms with E-state index in [4.69, 9.17) is 29.5 Å². The normalized spacial score (nSPS) is 16.2.